The van der Waals surface area contributed by atoms with Crippen molar-refractivity contribution in [2.24, 2.45) is 23.5 Å². The molecule has 8 heteroatoms. The highest BCUT2D eigenvalue weighted by Crippen LogP contribution is 2.40. The molecule has 0 saturated heterocycles. The number of carbonyl (C=O) groups is 3. The van der Waals surface area contributed by atoms with Gasteiger partial charge >= 0.3 is 18.0 Å². The number of ether oxygens (including phenoxy) is 3. The molecule has 138 valence electrons. The van der Waals surface area contributed by atoms with E-state index < -0.39 is 47.4 Å². The minimum atomic E-state index is -0.676. The monoisotopic (exact) mass is 344 g/mol. The standard InChI is InChI=1S/C16H28N2O6/c1-16(2,3)24-15(21)18(4)12-10(14(20)23-6)7-9(11(12)8-17)13(19)22-5/h9-12H,7-8,17H2,1-6H3/t9-,10+,11+,12-/m1/s1. The van der Waals surface area contributed by atoms with Crippen LogP contribution >= 0.6 is 0 Å². The largest absolute Gasteiger partial charge is 0.469 e. The smallest absolute Gasteiger partial charge is 0.410 e. The van der Waals surface area contributed by atoms with Gasteiger partial charge in [-0.2, -0.15) is 0 Å². The van der Waals surface area contributed by atoms with Crippen LogP contribution in [0, 0.1) is 17.8 Å². The van der Waals surface area contributed by atoms with Gasteiger partial charge in [-0.1, -0.05) is 0 Å². The number of carbonyl (C=O) groups excluding carboxylic acids is 3. The van der Waals surface area contributed by atoms with Crippen LogP contribution in [-0.2, 0) is 23.8 Å². The number of hydrogen-bond acceptors (Lipinski definition) is 7. The SMILES string of the molecule is COC(=O)[C@H]1C[C@@H](C(=O)OC)[C@H](CN)[C@@H]1N(C)C(=O)OC(C)(C)C. The molecule has 0 heterocycles. The van der Waals surface area contributed by atoms with Gasteiger partial charge < -0.3 is 24.8 Å². The summed E-state index contributed by atoms with van der Waals surface area (Å²) in [4.78, 5) is 37.9. The van der Waals surface area contributed by atoms with Crippen molar-refractivity contribution >= 4 is 18.0 Å². The van der Waals surface area contributed by atoms with Crippen molar-refractivity contribution in [2.45, 2.75) is 38.8 Å². The first-order valence-electron chi connectivity index (χ1n) is 7.88. The third-order valence-corrected chi connectivity index (χ3v) is 4.28. The van der Waals surface area contributed by atoms with Crippen LogP contribution in [0.4, 0.5) is 4.79 Å². The van der Waals surface area contributed by atoms with Gasteiger partial charge in [0.15, 0.2) is 0 Å². The summed E-state index contributed by atoms with van der Waals surface area (Å²) in [7, 11) is 4.10. The van der Waals surface area contributed by atoms with Gasteiger partial charge in [-0.3, -0.25) is 9.59 Å². The topological polar surface area (TPSA) is 108 Å². The third kappa shape index (κ3) is 4.37. The fraction of sp³-hybridized carbons (Fsp3) is 0.812. The van der Waals surface area contributed by atoms with Crippen molar-refractivity contribution in [3.63, 3.8) is 0 Å². The molecule has 1 aliphatic rings. The maximum atomic E-state index is 12.4. The van der Waals surface area contributed by atoms with Crippen molar-refractivity contribution in [3.8, 4) is 0 Å². The summed E-state index contributed by atoms with van der Waals surface area (Å²) in [6.07, 6.45) is -0.357. The zero-order chi connectivity index (χ0) is 18.7. The molecule has 0 spiro atoms. The van der Waals surface area contributed by atoms with Crippen molar-refractivity contribution in [1.29, 1.82) is 0 Å². The molecule has 2 N–H and O–H groups in total. The lowest BCUT2D eigenvalue weighted by Gasteiger charge is -2.34. The molecule has 4 atom stereocenters. The van der Waals surface area contributed by atoms with E-state index in [2.05, 4.69) is 0 Å². The number of esters is 2. The third-order valence-electron chi connectivity index (χ3n) is 4.28. The zero-order valence-electron chi connectivity index (χ0n) is 15.2. The summed E-state index contributed by atoms with van der Waals surface area (Å²) < 4.78 is 15.0. The fourth-order valence-electron chi connectivity index (χ4n) is 3.25. The van der Waals surface area contributed by atoms with Crippen LogP contribution in [0.5, 0.6) is 0 Å². The van der Waals surface area contributed by atoms with Crippen LogP contribution in [-0.4, -0.2) is 62.4 Å². The summed E-state index contributed by atoms with van der Waals surface area (Å²) >= 11 is 0. The first-order valence-corrected chi connectivity index (χ1v) is 7.88. The molecule has 24 heavy (non-hydrogen) atoms. The molecule has 1 amide bonds. The highest BCUT2D eigenvalue weighted by atomic mass is 16.6. The summed E-state index contributed by atoms with van der Waals surface area (Å²) in [5.41, 5.74) is 5.16. The van der Waals surface area contributed by atoms with Crippen molar-refractivity contribution in [2.75, 3.05) is 27.8 Å². The highest BCUT2D eigenvalue weighted by molar-refractivity contribution is 5.80. The second kappa shape index (κ2) is 7.83. The van der Waals surface area contributed by atoms with E-state index in [9.17, 15) is 14.4 Å². The molecule has 1 aliphatic carbocycles. The lowest BCUT2D eigenvalue weighted by atomic mass is 9.92. The van der Waals surface area contributed by atoms with Crippen molar-refractivity contribution in [3.05, 3.63) is 0 Å². The Hall–Kier alpha value is -1.83. The quantitative estimate of drug-likeness (QED) is 0.593. The maximum absolute atomic E-state index is 12.4. The molecular formula is C16H28N2O6. The average Bonchev–Trinajstić information content (AvgIpc) is 2.90. The number of amides is 1. The Morgan fingerprint density at radius 2 is 1.58 bits per heavy atom. The van der Waals surface area contributed by atoms with Crippen molar-refractivity contribution in [1.82, 2.24) is 4.90 Å². The van der Waals surface area contributed by atoms with Crippen molar-refractivity contribution < 1.29 is 28.6 Å². The van der Waals surface area contributed by atoms with Crippen LogP contribution in [0.15, 0.2) is 0 Å². The van der Waals surface area contributed by atoms with Gasteiger partial charge in [-0.15, -0.1) is 0 Å². The zero-order valence-corrected chi connectivity index (χ0v) is 15.2. The van der Waals surface area contributed by atoms with E-state index in [-0.39, 0.29) is 13.0 Å². The minimum absolute atomic E-state index is 0.130. The average molecular weight is 344 g/mol. The van der Waals surface area contributed by atoms with Crippen LogP contribution < -0.4 is 5.73 Å². The molecule has 1 saturated carbocycles. The van der Waals surface area contributed by atoms with Gasteiger partial charge in [-0.25, -0.2) is 4.79 Å². The molecule has 0 aromatic rings. The predicted octanol–water partition coefficient (Wildman–Crippen LogP) is 0.779. The molecular weight excluding hydrogens is 316 g/mol. The van der Waals surface area contributed by atoms with Gasteiger partial charge in [0.25, 0.3) is 0 Å². The molecule has 0 aromatic carbocycles. The predicted molar refractivity (Wildman–Crippen MR) is 86.0 cm³/mol. The second-order valence-corrected chi connectivity index (χ2v) is 6.98. The molecule has 0 radical (unpaired) electrons. The first-order chi connectivity index (χ1) is 11.1. The van der Waals surface area contributed by atoms with Gasteiger partial charge in [0.1, 0.15) is 5.60 Å². The Bertz CT molecular complexity index is 487. The first kappa shape index (κ1) is 20.2. The van der Waals surface area contributed by atoms with Crippen LogP contribution in [0.3, 0.4) is 0 Å². The summed E-state index contributed by atoms with van der Waals surface area (Å²) in [5.74, 6) is -2.58. The maximum Gasteiger partial charge on any atom is 0.410 e. The summed E-state index contributed by atoms with van der Waals surface area (Å²) in [6.45, 7) is 5.39. The Morgan fingerprint density at radius 1 is 1.08 bits per heavy atom. The van der Waals surface area contributed by atoms with E-state index in [1.807, 2.05) is 0 Å². The van der Waals surface area contributed by atoms with Crippen LogP contribution in [0.2, 0.25) is 0 Å². The molecule has 0 unspecified atom stereocenters. The van der Waals surface area contributed by atoms with Crippen LogP contribution in [0.1, 0.15) is 27.2 Å². The van der Waals surface area contributed by atoms with Gasteiger partial charge in [-0.05, 0) is 33.7 Å². The van der Waals surface area contributed by atoms with Crippen LogP contribution in [0.25, 0.3) is 0 Å². The number of rotatable bonds is 4. The normalized spacial score (nSPS) is 26.6. The van der Waals surface area contributed by atoms with E-state index >= 15 is 0 Å². The van der Waals surface area contributed by atoms with Gasteiger partial charge in [0, 0.05) is 13.0 Å². The van der Waals surface area contributed by atoms with E-state index in [1.54, 1.807) is 20.8 Å². The second-order valence-electron chi connectivity index (χ2n) is 6.98. The van der Waals surface area contributed by atoms with E-state index in [0.717, 1.165) is 0 Å². The molecule has 1 fully saturated rings. The number of hydrogen-bond donors (Lipinski definition) is 1. The lowest BCUT2D eigenvalue weighted by Crippen LogP contribution is -2.49. The molecule has 0 aliphatic heterocycles. The highest BCUT2D eigenvalue weighted by Gasteiger charge is 2.52. The van der Waals surface area contributed by atoms with Gasteiger partial charge in [0.2, 0.25) is 0 Å². The molecule has 0 aromatic heterocycles. The minimum Gasteiger partial charge on any atom is -0.469 e. The summed E-state index contributed by atoms with van der Waals surface area (Å²) in [5, 5.41) is 0. The van der Waals surface area contributed by atoms with E-state index in [4.69, 9.17) is 19.9 Å². The Kier molecular flexibility index (Phi) is 6.59. The number of methoxy groups -OCH3 is 2. The Morgan fingerprint density at radius 3 is 2.00 bits per heavy atom. The molecule has 8 nitrogen and oxygen atoms in total. The molecule has 0 bridgehead atoms. The fourth-order valence-corrected chi connectivity index (χ4v) is 3.25. The van der Waals surface area contributed by atoms with E-state index in [1.165, 1.54) is 26.2 Å². The Balaban J connectivity index is 3.13. The number of nitrogens with zero attached hydrogens (tertiary/aromatic N) is 1. The Labute approximate surface area is 142 Å². The number of nitrogens with two attached hydrogens (primary N) is 1. The van der Waals surface area contributed by atoms with E-state index in [0.29, 0.717) is 0 Å². The lowest BCUT2D eigenvalue weighted by molar-refractivity contribution is -0.147. The summed E-state index contributed by atoms with van der Waals surface area (Å²) in [6, 6.07) is -0.596. The van der Waals surface area contributed by atoms with Gasteiger partial charge in [0.05, 0.1) is 32.1 Å². The molecule has 1 rings (SSSR count).